The molecule has 178 valence electrons. The largest absolute Gasteiger partial charge is 0.467 e. The first-order chi connectivity index (χ1) is 16.4. The number of hydrogen-bond acceptors (Lipinski definition) is 6. The maximum absolute atomic E-state index is 13.2. The van der Waals surface area contributed by atoms with Gasteiger partial charge in [0.1, 0.15) is 18.1 Å². The summed E-state index contributed by atoms with van der Waals surface area (Å²) in [7, 11) is 1.25. The molecule has 0 aliphatic carbocycles. The van der Waals surface area contributed by atoms with Crippen LogP contribution in [0, 0.1) is 0 Å². The average molecular weight is 466 g/mol. The fourth-order valence-electron chi connectivity index (χ4n) is 4.03. The van der Waals surface area contributed by atoms with Crippen molar-refractivity contribution in [3.8, 4) is 0 Å². The third-order valence-electron chi connectivity index (χ3n) is 5.81. The maximum atomic E-state index is 13.2. The minimum absolute atomic E-state index is 0.0999. The third-order valence-corrected chi connectivity index (χ3v) is 5.81. The number of methoxy groups -OCH3 is 1. The fraction of sp³-hybridized carbons (Fsp3) is 0.348. The molecule has 1 fully saturated rings. The molecule has 3 aromatic rings. The third kappa shape index (κ3) is 5.25. The Labute approximate surface area is 195 Å². The zero-order valence-electron chi connectivity index (χ0n) is 18.6. The van der Waals surface area contributed by atoms with Gasteiger partial charge in [0.2, 0.25) is 17.7 Å². The Kier molecular flexibility index (Phi) is 6.90. The second kappa shape index (κ2) is 10.2. The molecule has 0 saturated carbocycles. The van der Waals surface area contributed by atoms with Gasteiger partial charge in [0.05, 0.1) is 19.1 Å². The number of H-pyrrole nitrogens is 2. The van der Waals surface area contributed by atoms with Crippen molar-refractivity contribution in [3.63, 3.8) is 0 Å². The molecule has 1 saturated heterocycles. The fourth-order valence-corrected chi connectivity index (χ4v) is 4.03. The van der Waals surface area contributed by atoms with Crippen LogP contribution in [-0.4, -0.2) is 63.9 Å². The lowest BCUT2D eigenvalue weighted by Crippen LogP contribution is -2.55. The molecule has 11 nitrogen and oxygen atoms in total. The van der Waals surface area contributed by atoms with E-state index in [1.54, 1.807) is 12.4 Å². The normalized spacial score (nSPS) is 17.1. The van der Waals surface area contributed by atoms with Crippen molar-refractivity contribution in [2.45, 2.75) is 43.8 Å². The molecule has 3 amide bonds. The van der Waals surface area contributed by atoms with E-state index in [0.29, 0.717) is 12.1 Å². The predicted molar refractivity (Wildman–Crippen MR) is 121 cm³/mol. The van der Waals surface area contributed by atoms with E-state index in [1.165, 1.54) is 13.4 Å². The molecular formula is C23H26N6O5. The van der Waals surface area contributed by atoms with Gasteiger partial charge in [0.25, 0.3) is 0 Å². The van der Waals surface area contributed by atoms with Crippen molar-refractivity contribution in [1.82, 2.24) is 30.9 Å². The highest BCUT2D eigenvalue weighted by atomic mass is 16.5. The molecular weight excluding hydrogens is 440 g/mol. The maximum Gasteiger partial charge on any atom is 0.328 e. The molecule has 3 atom stereocenters. The number of para-hydroxylation sites is 1. The summed E-state index contributed by atoms with van der Waals surface area (Å²) in [4.78, 5) is 60.0. The molecule has 4 rings (SSSR count). The van der Waals surface area contributed by atoms with Crippen molar-refractivity contribution < 1.29 is 23.9 Å². The molecule has 0 radical (unpaired) electrons. The van der Waals surface area contributed by atoms with Gasteiger partial charge in [0, 0.05) is 42.6 Å². The van der Waals surface area contributed by atoms with Crippen molar-refractivity contribution >= 4 is 34.6 Å². The molecule has 5 N–H and O–H groups in total. The Balaban J connectivity index is 1.51. The molecule has 1 aliphatic rings. The summed E-state index contributed by atoms with van der Waals surface area (Å²) in [5.74, 6) is -1.84. The van der Waals surface area contributed by atoms with Crippen LogP contribution in [0.2, 0.25) is 0 Å². The minimum atomic E-state index is -1.01. The number of rotatable bonds is 9. The van der Waals surface area contributed by atoms with Crippen LogP contribution in [0.4, 0.5) is 0 Å². The van der Waals surface area contributed by atoms with E-state index in [-0.39, 0.29) is 25.2 Å². The summed E-state index contributed by atoms with van der Waals surface area (Å²) in [6.45, 7) is 0. The molecule has 0 bridgehead atoms. The van der Waals surface area contributed by atoms with Crippen molar-refractivity contribution in [2.75, 3.05) is 7.11 Å². The number of esters is 1. The van der Waals surface area contributed by atoms with E-state index in [9.17, 15) is 19.2 Å². The standard InChI is InChI=1S/C23H26N6O5/c1-34-23(33)19(8-13-10-25-16-5-3-2-4-15(13)16)29-22(32)18(9-14-11-24-12-26-14)28-21(31)17-6-7-20(30)27-17/h2-5,10-12,17-19,25H,6-9H2,1H3,(H,24,26)(H,27,30)(H,28,31)(H,29,32)/t17-,18-,19-/m0/s1. The Morgan fingerprint density at radius 3 is 2.68 bits per heavy atom. The summed E-state index contributed by atoms with van der Waals surface area (Å²) in [6, 6.07) is 4.95. The highest BCUT2D eigenvalue weighted by Crippen LogP contribution is 2.19. The van der Waals surface area contributed by atoms with Crippen LogP contribution in [0.1, 0.15) is 24.1 Å². The average Bonchev–Trinajstić information content (AvgIpc) is 3.59. The Hall–Kier alpha value is -4.15. The zero-order valence-corrected chi connectivity index (χ0v) is 18.6. The summed E-state index contributed by atoms with van der Waals surface area (Å²) in [6.07, 6.45) is 5.78. The quantitative estimate of drug-likeness (QED) is 0.281. The summed E-state index contributed by atoms with van der Waals surface area (Å²) in [5.41, 5.74) is 2.31. The van der Waals surface area contributed by atoms with Gasteiger partial charge in [-0.25, -0.2) is 9.78 Å². The number of fused-ring (bicyclic) bond motifs is 1. The van der Waals surface area contributed by atoms with Crippen LogP contribution >= 0.6 is 0 Å². The number of ether oxygens (including phenoxy) is 1. The monoisotopic (exact) mass is 466 g/mol. The lowest BCUT2D eigenvalue weighted by Gasteiger charge is -2.23. The van der Waals surface area contributed by atoms with Crippen LogP contribution in [-0.2, 0) is 36.8 Å². The molecule has 2 aromatic heterocycles. The van der Waals surface area contributed by atoms with Crippen LogP contribution < -0.4 is 16.0 Å². The molecule has 0 unspecified atom stereocenters. The Morgan fingerprint density at radius 2 is 1.97 bits per heavy atom. The van der Waals surface area contributed by atoms with Gasteiger partial charge >= 0.3 is 5.97 Å². The van der Waals surface area contributed by atoms with Crippen molar-refractivity contribution in [1.29, 1.82) is 0 Å². The van der Waals surface area contributed by atoms with Crippen LogP contribution in [0.3, 0.4) is 0 Å². The summed E-state index contributed by atoms with van der Waals surface area (Å²) < 4.78 is 4.92. The topological polar surface area (TPSA) is 158 Å². The van der Waals surface area contributed by atoms with Gasteiger partial charge in [-0.15, -0.1) is 0 Å². The second-order valence-corrected chi connectivity index (χ2v) is 8.13. The number of nitrogens with zero attached hydrogens (tertiary/aromatic N) is 1. The SMILES string of the molecule is COC(=O)[C@H](Cc1c[nH]c2ccccc12)NC(=O)[C@H](Cc1c[nH]cn1)NC(=O)[C@@H]1CCC(=O)N1. The molecule has 0 spiro atoms. The number of imidazole rings is 1. The van der Waals surface area contributed by atoms with Gasteiger partial charge in [-0.3, -0.25) is 14.4 Å². The number of amides is 3. The first kappa shape index (κ1) is 23.0. The van der Waals surface area contributed by atoms with Gasteiger partial charge in [-0.2, -0.15) is 0 Å². The second-order valence-electron chi connectivity index (χ2n) is 8.13. The van der Waals surface area contributed by atoms with Crippen molar-refractivity contribution in [3.05, 3.63) is 54.2 Å². The molecule has 1 aromatic carbocycles. The van der Waals surface area contributed by atoms with Gasteiger partial charge in [0.15, 0.2) is 0 Å². The predicted octanol–water partition coefficient (Wildman–Crippen LogP) is 0.0974. The smallest absolute Gasteiger partial charge is 0.328 e. The highest BCUT2D eigenvalue weighted by molar-refractivity contribution is 5.95. The van der Waals surface area contributed by atoms with E-state index in [2.05, 4.69) is 30.9 Å². The van der Waals surface area contributed by atoms with Crippen molar-refractivity contribution in [2.24, 2.45) is 0 Å². The number of benzene rings is 1. The minimum Gasteiger partial charge on any atom is -0.467 e. The number of carbonyl (C=O) groups excluding carboxylic acids is 4. The number of hydrogen-bond donors (Lipinski definition) is 5. The Morgan fingerprint density at radius 1 is 1.15 bits per heavy atom. The van der Waals surface area contributed by atoms with Gasteiger partial charge < -0.3 is 30.7 Å². The van der Waals surface area contributed by atoms with E-state index < -0.39 is 35.9 Å². The van der Waals surface area contributed by atoms with Crippen LogP contribution in [0.5, 0.6) is 0 Å². The zero-order chi connectivity index (χ0) is 24.1. The van der Waals surface area contributed by atoms with Crippen LogP contribution in [0.15, 0.2) is 43.0 Å². The number of aromatic amines is 2. The van der Waals surface area contributed by atoms with Gasteiger partial charge in [-0.1, -0.05) is 18.2 Å². The van der Waals surface area contributed by atoms with E-state index in [4.69, 9.17) is 4.74 Å². The first-order valence-electron chi connectivity index (χ1n) is 10.9. The lowest BCUT2D eigenvalue weighted by molar-refractivity contribution is -0.145. The summed E-state index contributed by atoms with van der Waals surface area (Å²) in [5, 5.41) is 8.93. The number of nitrogens with one attached hydrogen (secondary N) is 5. The van der Waals surface area contributed by atoms with E-state index in [0.717, 1.165) is 16.5 Å². The Bertz CT molecular complexity index is 1190. The van der Waals surface area contributed by atoms with E-state index >= 15 is 0 Å². The number of carbonyl (C=O) groups is 4. The van der Waals surface area contributed by atoms with E-state index in [1.807, 2.05) is 24.3 Å². The lowest BCUT2D eigenvalue weighted by atomic mass is 10.0. The summed E-state index contributed by atoms with van der Waals surface area (Å²) >= 11 is 0. The molecule has 1 aliphatic heterocycles. The highest BCUT2D eigenvalue weighted by Gasteiger charge is 2.33. The molecule has 3 heterocycles. The molecule has 11 heteroatoms. The first-order valence-corrected chi connectivity index (χ1v) is 10.9. The number of aromatic nitrogens is 3. The molecule has 34 heavy (non-hydrogen) atoms. The van der Waals surface area contributed by atoms with Gasteiger partial charge in [-0.05, 0) is 18.1 Å². The van der Waals surface area contributed by atoms with Crippen LogP contribution in [0.25, 0.3) is 10.9 Å².